The minimum atomic E-state index is -0.729. The SMILES string of the molecule is CCO/N=C(\C(=O)CC)C(=O)OCC. The summed E-state index contributed by atoms with van der Waals surface area (Å²) in [4.78, 5) is 27.1. The molecule has 0 aliphatic rings. The van der Waals surface area contributed by atoms with Crippen LogP contribution in [0.4, 0.5) is 0 Å². The summed E-state index contributed by atoms with van der Waals surface area (Å²) in [6.45, 7) is 5.53. The summed E-state index contributed by atoms with van der Waals surface area (Å²) >= 11 is 0. The smallest absolute Gasteiger partial charge is 0.364 e. The van der Waals surface area contributed by atoms with Crippen molar-refractivity contribution >= 4 is 17.5 Å². The van der Waals surface area contributed by atoms with Gasteiger partial charge in [0.05, 0.1) is 6.61 Å². The molecule has 14 heavy (non-hydrogen) atoms. The van der Waals surface area contributed by atoms with Gasteiger partial charge in [-0.15, -0.1) is 0 Å². The van der Waals surface area contributed by atoms with Crippen LogP contribution in [0, 0.1) is 0 Å². The maximum absolute atomic E-state index is 11.2. The van der Waals surface area contributed by atoms with E-state index in [2.05, 4.69) is 14.7 Å². The number of carbonyl (C=O) groups is 2. The Hall–Kier alpha value is -1.39. The summed E-state index contributed by atoms with van der Waals surface area (Å²) in [6.07, 6.45) is 0.199. The molecule has 0 rings (SSSR count). The molecule has 0 atom stereocenters. The molecule has 0 aliphatic carbocycles. The minimum Gasteiger partial charge on any atom is -0.461 e. The molecule has 80 valence electrons. The van der Waals surface area contributed by atoms with Gasteiger partial charge in [-0.1, -0.05) is 12.1 Å². The number of ether oxygens (including phenoxy) is 1. The second kappa shape index (κ2) is 7.06. The van der Waals surface area contributed by atoms with Gasteiger partial charge in [0.15, 0.2) is 5.78 Å². The van der Waals surface area contributed by atoms with Crippen molar-refractivity contribution in [2.24, 2.45) is 5.16 Å². The Balaban J connectivity index is 4.54. The molecule has 0 aromatic carbocycles. The van der Waals surface area contributed by atoms with Crippen molar-refractivity contribution in [1.29, 1.82) is 0 Å². The Morgan fingerprint density at radius 3 is 2.21 bits per heavy atom. The molecular weight excluding hydrogens is 186 g/mol. The number of esters is 1. The number of nitrogens with zero attached hydrogens (tertiary/aromatic N) is 1. The van der Waals surface area contributed by atoms with Gasteiger partial charge in [0, 0.05) is 6.42 Å². The third kappa shape index (κ3) is 4.02. The maximum atomic E-state index is 11.2. The second-order valence-electron chi connectivity index (χ2n) is 2.35. The number of ketones is 1. The first kappa shape index (κ1) is 12.6. The molecule has 0 heterocycles. The molecule has 0 saturated heterocycles. The highest BCUT2D eigenvalue weighted by Gasteiger charge is 2.20. The van der Waals surface area contributed by atoms with Gasteiger partial charge in [0.1, 0.15) is 6.61 Å². The van der Waals surface area contributed by atoms with E-state index in [0.717, 1.165) is 0 Å². The van der Waals surface area contributed by atoms with Crippen LogP contribution in [0.5, 0.6) is 0 Å². The Kier molecular flexibility index (Phi) is 6.36. The third-order valence-corrected chi connectivity index (χ3v) is 1.34. The van der Waals surface area contributed by atoms with Crippen LogP contribution in [0.1, 0.15) is 27.2 Å². The van der Waals surface area contributed by atoms with E-state index in [1.165, 1.54) is 0 Å². The van der Waals surface area contributed by atoms with Crippen molar-refractivity contribution in [2.45, 2.75) is 27.2 Å². The molecule has 5 heteroatoms. The molecule has 0 aromatic rings. The molecule has 0 unspecified atom stereocenters. The molecule has 0 radical (unpaired) electrons. The van der Waals surface area contributed by atoms with Crippen LogP contribution in [0.15, 0.2) is 5.16 Å². The molecule has 0 aromatic heterocycles. The quantitative estimate of drug-likeness (QED) is 0.277. The van der Waals surface area contributed by atoms with Gasteiger partial charge in [-0.25, -0.2) is 4.79 Å². The highest BCUT2D eigenvalue weighted by Crippen LogP contribution is 1.93. The van der Waals surface area contributed by atoms with Gasteiger partial charge in [-0.3, -0.25) is 4.79 Å². The molecule has 0 fully saturated rings. The predicted molar refractivity (Wildman–Crippen MR) is 51.0 cm³/mol. The first-order chi connectivity index (χ1) is 6.67. The summed E-state index contributed by atoms with van der Waals surface area (Å²) in [7, 11) is 0. The summed E-state index contributed by atoms with van der Waals surface area (Å²) in [5.74, 6) is -1.11. The lowest BCUT2D eigenvalue weighted by Gasteiger charge is -2.02. The van der Waals surface area contributed by atoms with Gasteiger partial charge in [0.25, 0.3) is 0 Å². The van der Waals surface area contributed by atoms with Crippen LogP contribution in [0.25, 0.3) is 0 Å². The van der Waals surface area contributed by atoms with Crippen LogP contribution in [0.2, 0.25) is 0 Å². The first-order valence-electron chi connectivity index (χ1n) is 4.57. The van der Waals surface area contributed by atoms with Crippen molar-refractivity contribution in [3.63, 3.8) is 0 Å². The monoisotopic (exact) mass is 201 g/mol. The van der Waals surface area contributed by atoms with E-state index in [0.29, 0.717) is 6.61 Å². The number of Topliss-reactive ketones (excluding diaryl/α,β-unsaturated/α-hetero) is 1. The highest BCUT2D eigenvalue weighted by atomic mass is 16.6. The van der Waals surface area contributed by atoms with Crippen LogP contribution in [-0.4, -0.2) is 30.7 Å². The first-order valence-corrected chi connectivity index (χ1v) is 4.57. The summed E-state index contributed by atoms with van der Waals surface area (Å²) in [5, 5.41) is 3.42. The summed E-state index contributed by atoms with van der Waals surface area (Å²) < 4.78 is 4.65. The second-order valence-corrected chi connectivity index (χ2v) is 2.35. The average molecular weight is 201 g/mol. The van der Waals surface area contributed by atoms with Crippen LogP contribution < -0.4 is 0 Å². The molecule has 0 spiro atoms. The van der Waals surface area contributed by atoms with Gasteiger partial charge >= 0.3 is 5.97 Å². The van der Waals surface area contributed by atoms with Crippen molar-refractivity contribution in [2.75, 3.05) is 13.2 Å². The Labute approximate surface area is 83.1 Å². The fourth-order valence-corrected chi connectivity index (χ4v) is 0.698. The lowest BCUT2D eigenvalue weighted by Crippen LogP contribution is -2.26. The number of hydrogen-bond acceptors (Lipinski definition) is 5. The molecule has 0 bridgehead atoms. The van der Waals surface area contributed by atoms with Gasteiger partial charge < -0.3 is 9.57 Å². The zero-order valence-corrected chi connectivity index (χ0v) is 8.70. The molecule has 0 amide bonds. The standard InChI is InChI=1S/C9H15NO4/c1-4-7(11)8(10-14-6-3)9(12)13-5-2/h4-6H2,1-3H3/b10-8+. The highest BCUT2D eigenvalue weighted by molar-refractivity contribution is 6.64. The fraction of sp³-hybridized carbons (Fsp3) is 0.667. The van der Waals surface area contributed by atoms with E-state index in [4.69, 9.17) is 0 Å². The molecule has 5 nitrogen and oxygen atoms in total. The molecule has 0 N–H and O–H groups in total. The average Bonchev–Trinajstić information content (AvgIpc) is 2.18. The number of carbonyl (C=O) groups excluding carboxylic acids is 2. The fourth-order valence-electron chi connectivity index (χ4n) is 0.698. The van der Waals surface area contributed by atoms with Crippen molar-refractivity contribution < 1.29 is 19.2 Å². The molecule has 0 aliphatic heterocycles. The lowest BCUT2D eigenvalue weighted by molar-refractivity contribution is -0.136. The summed E-state index contributed by atoms with van der Waals surface area (Å²) in [6, 6.07) is 0. The number of oxime groups is 1. The Bertz CT molecular complexity index is 235. The van der Waals surface area contributed by atoms with E-state index in [-0.39, 0.29) is 24.5 Å². The van der Waals surface area contributed by atoms with E-state index in [9.17, 15) is 9.59 Å². The van der Waals surface area contributed by atoms with E-state index < -0.39 is 5.97 Å². The largest absolute Gasteiger partial charge is 0.461 e. The number of hydrogen-bond donors (Lipinski definition) is 0. The summed E-state index contributed by atoms with van der Waals surface area (Å²) in [5.41, 5.74) is -0.267. The van der Waals surface area contributed by atoms with Gasteiger partial charge in [-0.05, 0) is 13.8 Å². The minimum absolute atomic E-state index is 0.199. The van der Waals surface area contributed by atoms with Crippen LogP contribution >= 0.6 is 0 Å². The van der Waals surface area contributed by atoms with Gasteiger partial charge in [0.2, 0.25) is 5.71 Å². The van der Waals surface area contributed by atoms with Crippen molar-refractivity contribution in [3.05, 3.63) is 0 Å². The Morgan fingerprint density at radius 2 is 1.79 bits per heavy atom. The lowest BCUT2D eigenvalue weighted by atomic mass is 10.2. The van der Waals surface area contributed by atoms with Crippen molar-refractivity contribution in [3.8, 4) is 0 Å². The van der Waals surface area contributed by atoms with E-state index in [1.807, 2.05) is 0 Å². The number of rotatable bonds is 6. The zero-order chi connectivity index (χ0) is 11.0. The van der Waals surface area contributed by atoms with E-state index >= 15 is 0 Å². The van der Waals surface area contributed by atoms with E-state index in [1.54, 1.807) is 20.8 Å². The normalized spacial score (nSPS) is 10.9. The Morgan fingerprint density at radius 1 is 1.14 bits per heavy atom. The van der Waals surface area contributed by atoms with Crippen LogP contribution in [0.3, 0.4) is 0 Å². The van der Waals surface area contributed by atoms with Crippen molar-refractivity contribution in [1.82, 2.24) is 0 Å². The molecule has 0 saturated carbocycles. The van der Waals surface area contributed by atoms with Gasteiger partial charge in [-0.2, -0.15) is 0 Å². The zero-order valence-electron chi connectivity index (χ0n) is 8.70. The topological polar surface area (TPSA) is 65.0 Å². The maximum Gasteiger partial charge on any atom is 0.364 e. The third-order valence-electron chi connectivity index (χ3n) is 1.34. The predicted octanol–water partition coefficient (Wildman–Crippen LogP) is 0.921. The molecular formula is C9H15NO4. The van der Waals surface area contributed by atoms with Crippen LogP contribution in [-0.2, 0) is 19.2 Å².